The van der Waals surface area contributed by atoms with Crippen LogP contribution in [0.3, 0.4) is 0 Å². The predicted octanol–water partition coefficient (Wildman–Crippen LogP) is 3.50. The quantitative estimate of drug-likeness (QED) is 0.799. The molecule has 0 atom stereocenters. The Morgan fingerprint density at radius 2 is 1.80 bits per heavy atom. The SMILES string of the molecule is CC(C)Cc1ccc(CO)c(C(C)C)c1. The molecule has 1 N–H and O–H groups in total. The fourth-order valence-electron chi connectivity index (χ4n) is 1.92. The van der Waals surface area contributed by atoms with Crippen LogP contribution in [-0.2, 0) is 13.0 Å². The van der Waals surface area contributed by atoms with Gasteiger partial charge in [-0.1, -0.05) is 45.9 Å². The van der Waals surface area contributed by atoms with E-state index in [4.69, 9.17) is 0 Å². The van der Waals surface area contributed by atoms with E-state index in [9.17, 15) is 5.11 Å². The number of hydrogen-bond donors (Lipinski definition) is 1. The molecule has 0 aromatic heterocycles. The van der Waals surface area contributed by atoms with E-state index in [1.54, 1.807) is 0 Å². The van der Waals surface area contributed by atoms with Gasteiger partial charge in [0.05, 0.1) is 6.61 Å². The molecule has 1 rings (SSSR count). The van der Waals surface area contributed by atoms with Crippen LogP contribution in [0.4, 0.5) is 0 Å². The van der Waals surface area contributed by atoms with E-state index in [2.05, 4.69) is 45.9 Å². The van der Waals surface area contributed by atoms with Gasteiger partial charge in [0.25, 0.3) is 0 Å². The molecule has 0 saturated carbocycles. The van der Waals surface area contributed by atoms with E-state index in [0.29, 0.717) is 11.8 Å². The zero-order chi connectivity index (χ0) is 11.4. The maximum atomic E-state index is 9.24. The lowest BCUT2D eigenvalue weighted by molar-refractivity contribution is 0.280. The Kier molecular flexibility index (Phi) is 4.34. The van der Waals surface area contributed by atoms with E-state index >= 15 is 0 Å². The maximum Gasteiger partial charge on any atom is 0.0684 e. The summed E-state index contributed by atoms with van der Waals surface area (Å²) >= 11 is 0. The maximum absolute atomic E-state index is 9.24. The molecule has 1 aromatic carbocycles. The predicted molar refractivity (Wildman–Crippen MR) is 65.0 cm³/mol. The van der Waals surface area contributed by atoms with Gasteiger partial charge in [0.2, 0.25) is 0 Å². The standard InChI is InChI=1S/C14H22O/c1-10(2)7-12-5-6-13(9-15)14(8-12)11(3)4/h5-6,8,10-11,15H,7,9H2,1-4H3. The molecule has 0 heterocycles. The monoisotopic (exact) mass is 206 g/mol. The summed E-state index contributed by atoms with van der Waals surface area (Å²) in [6.07, 6.45) is 1.12. The molecule has 0 aliphatic carbocycles. The molecule has 1 aromatic rings. The van der Waals surface area contributed by atoms with Crippen LogP contribution in [0.25, 0.3) is 0 Å². The molecule has 0 radical (unpaired) electrons. The average molecular weight is 206 g/mol. The summed E-state index contributed by atoms with van der Waals surface area (Å²) in [5.74, 6) is 1.17. The molecule has 1 nitrogen and oxygen atoms in total. The van der Waals surface area contributed by atoms with Crippen LogP contribution in [0.2, 0.25) is 0 Å². The molecule has 0 saturated heterocycles. The van der Waals surface area contributed by atoms with Crippen molar-refractivity contribution in [3.05, 3.63) is 34.9 Å². The topological polar surface area (TPSA) is 20.2 Å². The molecule has 1 heteroatoms. The largest absolute Gasteiger partial charge is 0.392 e. The van der Waals surface area contributed by atoms with Gasteiger partial charge in [-0.15, -0.1) is 0 Å². The summed E-state index contributed by atoms with van der Waals surface area (Å²) in [7, 11) is 0. The van der Waals surface area contributed by atoms with Gasteiger partial charge in [0.15, 0.2) is 0 Å². The van der Waals surface area contributed by atoms with Gasteiger partial charge < -0.3 is 5.11 Å². The Hall–Kier alpha value is -0.820. The lowest BCUT2D eigenvalue weighted by Crippen LogP contribution is -2.00. The fourth-order valence-corrected chi connectivity index (χ4v) is 1.92. The van der Waals surface area contributed by atoms with Crippen molar-refractivity contribution in [1.82, 2.24) is 0 Å². The molecule has 0 spiro atoms. The first kappa shape index (κ1) is 12.3. The third-order valence-electron chi connectivity index (χ3n) is 2.65. The molecule has 0 unspecified atom stereocenters. The Balaban J connectivity index is 2.99. The molecular formula is C14H22O. The second kappa shape index (κ2) is 5.32. The number of aliphatic hydroxyl groups excluding tert-OH is 1. The average Bonchev–Trinajstić information content (AvgIpc) is 2.16. The van der Waals surface area contributed by atoms with Crippen LogP contribution < -0.4 is 0 Å². The van der Waals surface area contributed by atoms with Crippen molar-refractivity contribution in [2.24, 2.45) is 5.92 Å². The Labute approximate surface area is 93.1 Å². The number of hydrogen-bond acceptors (Lipinski definition) is 1. The third kappa shape index (κ3) is 3.35. The molecule has 0 bridgehead atoms. The summed E-state index contributed by atoms with van der Waals surface area (Å²) in [6.45, 7) is 8.96. The highest BCUT2D eigenvalue weighted by atomic mass is 16.3. The van der Waals surface area contributed by atoms with Gasteiger partial charge in [0, 0.05) is 0 Å². The molecule has 0 amide bonds. The van der Waals surface area contributed by atoms with Crippen LogP contribution in [0.5, 0.6) is 0 Å². The molecule has 0 fully saturated rings. The minimum atomic E-state index is 0.148. The van der Waals surface area contributed by atoms with Crippen molar-refractivity contribution in [3.8, 4) is 0 Å². The van der Waals surface area contributed by atoms with Crippen molar-refractivity contribution < 1.29 is 5.11 Å². The number of benzene rings is 1. The highest BCUT2D eigenvalue weighted by molar-refractivity contribution is 5.34. The first-order chi connectivity index (χ1) is 7.04. The van der Waals surface area contributed by atoms with Gasteiger partial charge in [-0.05, 0) is 34.9 Å². The smallest absolute Gasteiger partial charge is 0.0684 e. The summed E-state index contributed by atoms with van der Waals surface area (Å²) in [5.41, 5.74) is 3.74. The van der Waals surface area contributed by atoms with Crippen LogP contribution in [0.1, 0.15) is 50.3 Å². The summed E-state index contributed by atoms with van der Waals surface area (Å²) in [4.78, 5) is 0. The van der Waals surface area contributed by atoms with Crippen molar-refractivity contribution >= 4 is 0 Å². The van der Waals surface area contributed by atoms with Gasteiger partial charge in [-0.25, -0.2) is 0 Å². The lowest BCUT2D eigenvalue weighted by atomic mass is 9.92. The highest BCUT2D eigenvalue weighted by Crippen LogP contribution is 2.22. The summed E-state index contributed by atoms with van der Waals surface area (Å²) < 4.78 is 0. The van der Waals surface area contributed by atoms with Gasteiger partial charge in [0.1, 0.15) is 0 Å². The minimum absolute atomic E-state index is 0.148. The molecule has 15 heavy (non-hydrogen) atoms. The summed E-state index contributed by atoms with van der Waals surface area (Å²) in [6, 6.07) is 6.45. The molecule has 0 aliphatic rings. The highest BCUT2D eigenvalue weighted by Gasteiger charge is 2.07. The van der Waals surface area contributed by atoms with Crippen LogP contribution in [-0.4, -0.2) is 5.11 Å². The van der Waals surface area contributed by atoms with Crippen molar-refractivity contribution in [2.75, 3.05) is 0 Å². The van der Waals surface area contributed by atoms with E-state index in [-0.39, 0.29) is 6.61 Å². The molecule has 0 aliphatic heterocycles. The zero-order valence-corrected chi connectivity index (χ0v) is 10.2. The van der Waals surface area contributed by atoms with E-state index in [1.165, 1.54) is 11.1 Å². The van der Waals surface area contributed by atoms with Gasteiger partial charge in [-0.3, -0.25) is 0 Å². The van der Waals surface area contributed by atoms with Crippen molar-refractivity contribution in [1.29, 1.82) is 0 Å². The second-order valence-corrected chi connectivity index (χ2v) is 4.94. The van der Waals surface area contributed by atoms with Crippen molar-refractivity contribution in [2.45, 2.75) is 46.6 Å². The van der Waals surface area contributed by atoms with E-state index in [1.807, 2.05) is 0 Å². The Morgan fingerprint density at radius 3 is 2.27 bits per heavy atom. The number of aliphatic hydroxyl groups is 1. The first-order valence-corrected chi connectivity index (χ1v) is 5.77. The van der Waals surface area contributed by atoms with E-state index < -0.39 is 0 Å². The van der Waals surface area contributed by atoms with Gasteiger partial charge in [-0.2, -0.15) is 0 Å². The summed E-state index contributed by atoms with van der Waals surface area (Å²) in [5, 5.41) is 9.24. The third-order valence-corrected chi connectivity index (χ3v) is 2.65. The first-order valence-electron chi connectivity index (χ1n) is 5.77. The van der Waals surface area contributed by atoms with Gasteiger partial charge >= 0.3 is 0 Å². The molecule has 84 valence electrons. The van der Waals surface area contributed by atoms with Crippen LogP contribution in [0.15, 0.2) is 18.2 Å². The van der Waals surface area contributed by atoms with Crippen LogP contribution in [0, 0.1) is 5.92 Å². The zero-order valence-electron chi connectivity index (χ0n) is 10.2. The van der Waals surface area contributed by atoms with Crippen LogP contribution >= 0.6 is 0 Å². The number of rotatable bonds is 4. The van der Waals surface area contributed by atoms with E-state index in [0.717, 1.165) is 12.0 Å². The van der Waals surface area contributed by atoms with Crippen molar-refractivity contribution in [3.63, 3.8) is 0 Å². The molecular weight excluding hydrogens is 184 g/mol. The second-order valence-electron chi connectivity index (χ2n) is 4.94. The lowest BCUT2D eigenvalue weighted by Gasteiger charge is -2.14. The fraction of sp³-hybridized carbons (Fsp3) is 0.571. The minimum Gasteiger partial charge on any atom is -0.392 e. The Bertz CT molecular complexity index is 313. The Morgan fingerprint density at radius 1 is 1.13 bits per heavy atom. The normalized spacial score (nSPS) is 11.4.